The summed E-state index contributed by atoms with van der Waals surface area (Å²) in [5.74, 6) is 1.09. The standard InChI is InChI=1S/C20H18O3/c1-13-4-7-16(8-5-13)19-12-17(20(21)23-19)11-15-6-9-18(22-3)14(2)10-15/h4-12H,1-3H3/b17-11-. The molecule has 0 spiro atoms. The Morgan fingerprint density at radius 1 is 1.04 bits per heavy atom. The number of esters is 1. The average molecular weight is 306 g/mol. The number of cyclic esters (lactones) is 1. The largest absolute Gasteiger partial charge is 0.496 e. The van der Waals surface area contributed by atoms with Crippen LogP contribution in [0.1, 0.15) is 22.3 Å². The maximum Gasteiger partial charge on any atom is 0.343 e. The summed E-state index contributed by atoms with van der Waals surface area (Å²) in [4.78, 5) is 12.1. The van der Waals surface area contributed by atoms with Crippen molar-refractivity contribution in [2.75, 3.05) is 7.11 Å². The molecular formula is C20H18O3. The quantitative estimate of drug-likeness (QED) is 0.627. The van der Waals surface area contributed by atoms with Crippen molar-refractivity contribution in [1.82, 2.24) is 0 Å². The lowest BCUT2D eigenvalue weighted by atomic mass is 10.1. The zero-order chi connectivity index (χ0) is 16.4. The first-order valence-electron chi connectivity index (χ1n) is 7.44. The molecule has 116 valence electrons. The molecule has 1 heterocycles. The Balaban J connectivity index is 1.91. The molecule has 1 aliphatic rings. The first kappa shape index (κ1) is 15.1. The van der Waals surface area contributed by atoms with E-state index in [1.807, 2.05) is 62.4 Å². The second kappa shape index (κ2) is 6.13. The van der Waals surface area contributed by atoms with Crippen LogP contribution in [0.3, 0.4) is 0 Å². The lowest BCUT2D eigenvalue weighted by molar-refractivity contribution is -0.130. The molecule has 0 aliphatic carbocycles. The Labute approximate surface area is 135 Å². The first-order chi connectivity index (χ1) is 11.1. The van der Waals surface area contributed by atoms with Crippen molar-refractivity contribution in [3.05, 3.63) is 76.4 Å². The summed E-state index contributed by atoms with van der Waals surface area (Å²) >= 11 is 0. The SMILES string of the molecule is COc1ccc(/C=C2/C=C(c3ccc(C)cc3)OC2=O)cc1C. The molecule has 3 rings (SSSR count). The molecule has 3 heteroatoms. The van der Waals surface area contributed by atoms with Crippen molar-refractivity contribution in [2.24, 2.45) is 0 Å². The summed E-state index contributed by atoms with van der Waals surface area (Å²) in [6, 6.07) is 13.7. The van der Waals surface area contributed by atoms with Gasteiger partial charge in [0.2, 0.25) is 0 Å². The molecule has 0 bridgehead atoms. The highest BCUT2D eigenvalue weighted by atomic mass is 16.5. The minimum Gasteiger partial charge on any atom is -0.496 e. The molecule has 3 nitrogen and oxygen atoms in total. The van der Waals surface area contributed by atoms with Gasteiger partial charge in [-0.3, -0.25) is 0 Å². The number of carbonyl (C=O) groups is 1. The van der Waals surface area contributed by atoms with E-state index in [1.54, 1.807) is 13.2 Å². The van der Waals surface area contributed by atoms with E-state index in [0.29, 0.717) is 11.3 Å². The summed E-state index contributed by atoms with van der Waals surface area (Å²) < 4.78 is 10.6. The molecule has 0 fully saturated rings. The molecule has 23 heavy (non-hydrogen) atoms. The predicted octanol–water partition coefficient (Wildman–Crippen LogP) is 4.29. The van der Waals surface area contributed by atoms with Gasteiger partial charge in [-0.05, 0) is 49.3 Å². The fraction of sp³-hybridized carbons (Fsp3) is 0.150. The normalized spacial score (nSPS) is 15.5. The molecule has 0 atom stereocenters. The number of hydrogen-bond donors (Lipinski definition) is 0. The third kappa shape index (κ3) is 3.19. The van der Waals surface area contributed by atoms with Crippen LogP contribution in [-0.2, 0) is 9.53 Å². The summed E-state index contributed by atoms with van der Waals surface area (Å²) in [7, 11) is 1.64. The molecule has 1 aliphatic heterocycles. The lowest BCUT2D eigenvalue weighted by Gasteiger charge is -2.04. The molecule has 0 aromatic heterocycles. The summed E-state index contributed by atoms with van der Waals surface area (Å²) in [6.45, 7) is 4.00. The highest BCUT2D eigenvalue weighted by Crippen LogP contribution is 2.28. The Hall–Kier alpha value is -2.81. The van der Waals surface area contributed by atoms with Gasteiger partial charge in [0.05, 0.1) is 12.7 Å². The second-order valence-electron chi connectivity index (χ2n) is 5.59. The topological polar surface area (TPSA) is 35.5 Å². The van der Waals surface area contributed by atoms with Crippen LogP contribution in [0.5, 0.6) is 5.75 Å². The van der Waals surface area contributed by atoms with Crippen molar-refractivity contribution >= 4 is 17.8 Å². The van der Waals surface area contributed by atoms with Gasteiger partial charge in [0.1, 0.15) is 11.5 Å². The Morgan fingerprint density at radius 2 is 1.78 bits per heavy atom. The van der Waals surface area contributed by atoms with Crippen LogP contribution in [0.25, 0.3) is 11.8 Å². The van der Waals surface area contributed by atoms with E-state index in [1.165, 1.54) is 5.56 Å². The number of methoxy groups -OCH3 is 1. The molecule has 0 radical (unpaired) electrons. The van der Waals surface area contributed by atoms with Crippen molar-refractivity contribution in [3.63, 3.8) is 0 Å². The van der Waals surface area contributed by atoms with Gasteiger partial charge >= 0.3 is 5.97 Å². The smallest absolute Gasteiger partial charge is 0.343 e. The monoisotopic (exact) mass is 306 g/mol. The van der Waals surface area contributed by atoms with Crippen molar-refractivity contribution < 1.29 is 14.3 Å². The summed E-state index contributed by atoms with van der Waals surface area (Å²) in [5.41, 5.74) is 4.58. The first-order valence-corrected chi connectivity index (χ1v) is 7.44. The Kier molecular flexibility index (Phi) is 4.02. The predicted molar refractivity (Wildman–Crippen MR) is 91.0 cm³/mol. The van der Waals surface area contributed by atoms with Crippen molar-refractivity contribution in [2.45, 2.75) is 13.8 Å². The lowest BCUT2D eigenvalue weighted by Crippen LogP contribution is -1.97. The maximum absolute atomic E-state index is 12.1. The Morgan fingerprint density at radius 3 is 2.43 bits per heavy atom. The van der Waals surface area contributed by atoms with E-state index in [4.69, 9.17) is 9.47 Å². The van der Waals surface area contributed by atoms with E-state index in [2.05, 4.69) is 0 Å². The number of ether oxygens (including phenoxy) is 2. The van der Waals surface area contributed by atoms with Crippen molar-refractivity contribution in [1.29, 1.82) is 0 Å². The van der Waals surface area contributed by atoms with Gasteiger partial charge in [0.25, 0.3) is 0 Å². The van der Waals surface area contributed by atoms with Gasteiger partial charge in [-0.15, -0.1) is 0 Å². The van der Waals surface area contributed by atoms with Crippen LogP contribution in [-0.4, -0.2) is 13.1 Å². The molecule has 0 saturated heterocycles. The highest BCUT2D eigenvalue weighted by molar-refractivity contribution is 6.05. The fourth-order valence-corrected chi connectivity index (χ4v) is 2.52. The van der Waals surface area contributed by atoms with Crippen LogP contribution in [0.2, 0.25) is 0 Å². The molecule has 0 N–H and O–H groups in total. The van der Waals surface area contributed by atoms with Gasteiger partial charge < -0.3 is 9.47 Å². The minimum atomic E-state index is -0.325. The number of hydrogen-bond acceptors (Lipinski definition) is 3. The Bertz CT molecular complexity index is 811. The van der Waals surface area contributed by atoms with E-state index >= 15 is 0 Å². The minimum absolute atomic E-state index is 0.325. The molecule has 2 aromatic rings. The van der Waals surface area contributed by atoms with Crippen LogP contribution in [0.4, 0.5) is 0 Å². The number of rotatable bonds is 3. The van der Waals surface area contributed by atoms with Gasteiger partial charge in [-0.2, -0.15) is 0 Å². The summed E-state index contributed by atoms with van der Waals surface area (Å²) in [6.07, 6.45) is 3.61. The molecular weight excluding hydrogens is 288 g/mol. The molecule has 0 saturated carbocycles. The average Bonchev–Trinajstić information content (AvgIpc) is 2.89. The van der Waals surface area contributed by atoms with Crippen LogP contribution in [0, 0.1) is 13.8 Å². The van der Waals surface area contributed by atoms with Gasteiger partial charge in [0, 0.05) is 5.56 Å². The van der Waals surface area contributed by atoms with Crippen LogP contribution < -0.4 is 4.74 Å². The van der Waals surface area contributed by atoms with E-state index in [9.17, 15) is 4.79 Å². The summed E-state index contributed by atoms with van der Waals surface area (Å²) in [5, 5.41) is 0. The van der Waals surface area contributed by atoms with Gasteiger partial charge in [-0.25, -0.2) is 4.79 Å². The van der Waals surface area contributed by atoms with E-state index < -0.39 is 0 Å². The molecule has 0 amide bonds. The maximum atomic E-state index is 12.1. The third-order valence-corrected chi connectivity index (χ3v) is 3.80. The highest BCUT2D eigenvalue weighted by Gasteiger charge is 2.21. The zero-order valence-corrected chi connectivity index (χ0v) is 13.4. The number of aryl methyl sites for hydroxylation is 2. The zero-order valence-electron chi connectivity index (χ0n) is 13.4. The number of benzene rings is 2. The second-order valence-corrected chi connectivity index (χ2v) is 5.59. The van der Waals surface area contributed by atoms with Crippen LogP contribution >= 0.6 is 0 Å². The van der Waals surface area contributed by atoms with Gasteiger partial charge in [0.15, 0.2) is 0 Å². The number of carbonyl (C=O) groups excluding carboxylic acids is 1. The van der Waals surface area contributed by atoms with Gasteiger partial charge in [-0.1, -0.05) is 35.9 Å². The third-order valence-electron chi connectivity index (χ3n) is 3.80. The molecule has 2 aromatic carbocycles. The molecule has 0 unspecified atom stereocenters. The van der Waals surface area contributed by atoms with E-state index in [-0.39, 0.29) is 5.97 Å². The van der Waals surface area contributed by atoms with E-state index in [0.717, 1.165) is 22.4 Å². The fourth-order valence-electron chi connectivity index (χ4n) is 2.52. The van der Waals surface area contributed by atoms with Crippen molar-refractivity contribution in [3.8, 4) is 5.75 Å². The van der Waals surface area contributed by atoms with Crippen LogP contribution in [0.15, 0.2) is 54.1 Å².